The normalized spacial score (nSPS) is 16.3. The maximum Gasteiger partial charge on any atom is 0.240 e. The molecule has 0 saturated heterocycles. The summed E-state index contributed by atoms with van der Waals surface area (Å²) >= 11 is 0. The maximum absolute atomic E-state index is 12.1. The van der Waals surface area contributed by atoms with Crippen molar-refractivity contribution in [3.63, 3.8) is 0 Å². The van der Waals surface area contributed by atoms with Crippen LogP contribution in [0.15, 0.2) is 24.3 Å². The monoisotopic (exact) mass is 260 g/mol. The van der Waals surface area contributed by atoms with Gasteiger partial charge < -0.3 is 10.2 Å². The van der Waals surface area contributed by atoms with Gasteiger partial charge in [-0.05, 0) is 31.9 Å². The molecule has 19 heavy (non-hydrogen) atoms. The van der Waals surface area contributed by atoms with E-state index < -0.39 is 0 Å². The van der Waals surface area contributed by atoms with Crippen molar-refractivity contribution in [2.45, 2.75) is 45.1 Å². The number of hydrogen-bond acceptors (Lipinski definition) is 2. The van der Waals surface area contributed by atoms with Crippen LogP contribution in [0.4, 0.5) is 5.69 Å². The number of nitrogens with one attached hydrogen (secondary N) is 1. The SMILES string of the molecule is Cc1ccc(N(C)C(=O)CNC2CCCCC2)cc1. The van der Waals surface area contributed by atoms with E-state index in [-0.39, 0.29) is 5.91 Å². The van der Waals surface area contributed by atoms with Crippen LogP contribution >= 0.6 is 0 Å². The number of nitrogens with zero attached hydrogens (tertiary/aromatic N) is 1. The molecule has 0 radical (unpaired) electrons. The van der Waals surface area contributed by atoms with Crippen LogP contribution in [0.3, 0.4) is 0 Å². The fourth-order valence-electron chi connectivity index (χ4n) is 2.57. The molecule has 3 nitrogen and oxygen atoms in total. The number of benzene rings is 1. The van der Waals surface area contributed by atoms with Gasteiger partial charge in [-0.25, -0.2) is 0 Å². The minimum absolute atomic E-state index is 0.134. The molecule has 0 atom stereocenters. The van der Waals surface area contributed by atoms with E-state index >= 15 is 0 Å². The summed E-state index contributed by atoms with van der Waals surface area (Å²) in [5.74, 6) is 0.134. The average molecular weight is 260 g/mol. The van der Waals surface area contributed by atoms with Crippen LogP contribution in [0.5, 0.6) is 0 Å². The Balaban J connectivity index is 1.83. The first-order chi connectivity index (χ1) is 9.16. The maximum atomic E-state index is 12.1. The Kier molecular flexibility index (Phi) is 4.97. The van der Waals surface area contributed by atoms with Gasteiger partial charge in [0, 0.05) is 18.8 Å². The number of aryl methyl sites for hydroxylation is 1. The standard InChI is InChI=1S/C16H24N2O/c1-13-8-10-15(11-9-13)18(2)16(19)12-17-14-6-4-3-5-7-14/h8-11,14,17H,3-7,12H2,1-2H3. The zero-order valence-corrected chi connectivity index (χ0v) is 12.0. The van der Waals surface area contributed by atoms with Crippen LogP contribution in [-0.4, -0.2) is 25.5 Å². The number of carbonyl (C=O) groups excluding carboxylic acids is 1. The molecule has 1 fully saturated rings. The summed E-state index contributed by atoms with van der Waals surface area (Å²) in [6.07, 6.45) is 6.35. The fraction of sp³-hybridized carbons (Fsp3) is 0.562. The Labute approximate surface area is 116 Å². The summed E-state index contributed by atoms with van der Waals surface area (Å²) in [7, 11) is 1.84. The summed E-state index contributed by atoms with van der Waals surface area (Å²) in [5.41, 5.74) is 2.17. The van der Waals surface area contributed by atoms with E-state index in [1.165, 1.54) is 37.7 Å². The van der Waals surface area contributed by atoms with Crippen LogP contribution in [0.2, 0.25) is 0 Å². The smallest absolute Gasteiger partial charge is 0.240 e. The van der Waals surface area contributed by atoms with Gasteiger partial charge in [-0.15, -0.1) is 0 Å². The first-order valence-electron chi connectivity index (χ1n) is 7.23. The van der Waals surface area contributed by atoms with Gasteiger partial charge in [0.25, 0.3) is 0 Å². The molecule has 104 valence electrons. The van der Waals surface area contributed by atoms with E-state index in [9.17, 15) is 4.79 Å². The molecular weight excluding hydrogens is 236 g/mol. The summed E-state index contributed by atoms with van der Waals surface area (Å²) in [6, 6.07) is 8.59. The number of amides is 1. The molecule has 0 heterocycles. The third kappa shape index (κ3) is 4.06. The van der Waals surface area contributed by atoms with Crippen LogP contribution in [0.25, 0.3) is 0 Å². The minimum Gasteiger partial charge on any atom is -0.314 e. The third-order valence-corrected chi connectivity index (χ3v) is 3.94. The fourth-order valence-corrected chi connectivity index (χ4v) is 2.57. The lowest BCUT2D eigenvalue weighted by Gasteiger charge is -2.24. The highest BCUT2D eigenvalue weighted by molar-refractivity contribution is 5.94. The average Bonchev–Trinajstić information content (AvgIpc) is 2.46. The van der Waals surface area contributed by atoms with E-state index in [4.69, 9.17) is 0 Å². The van der Waals surface area contributed by atoms with Crippen molar-refractivity contribution in [3.8, 4) is 0 Å². The van der Waals surface area contributed by atoms with Gasteiger partial charge in [0.05, 0.1) is 6.54 Å². The second-order valence-electron chi connectivity index (χ2n) is 5.50. The molecule has 1 saturated carbocycles. The Morgan fingerprint density at radius 2 is 1.84 bits per heavy atom. The molecule has 0 aromatic heterocycles. The largest absolute Gasteiger partial charge is 0.314 e. The van der Waals surface area contributed by atoms with Crippen LogP contribution in [-0.2, 0) is 4.79 Å². The molecule has 1 aromatic rings. The highest BCUT2D eigenvalue weighted by atomic mass is 16.2. The Bertz CT molecular complexity index is 407. The predicted molar refractivity (Wildman–Crippen MR) is 79.5 cm³/mol. The first-order valence-corrected chi connectivity index (χ1v) is 7.23. The van der Waals surface area contributed by atoms with Gasteiger partial charge in [-0.3, -0.25) is 4.79 Å². The molecule has 0 unspecified atom stereocenters. The summed E-state index contributed by atoms with van der Waals surface area (Å²) in [6.45, 7) is 2.49. The van der Waals surface area contributed by atoms with Crippen molar-refractivity contribution in [2.24, 2.45) is 0 Å². The second kappa shape index (κ2) is 6.71. The molecule has 0 spiro atoms. The lowest BCUT2D eigenvalue weighted by molar-refractivity contribution is -0.117. The quantitative estimate of drug-likeness (QED) is 0.903. The van der Waals surface area contributed by atoms with Crippen molar-refractivity contribution in [3.05, 3.63) is 29.8 Å². The molecular formula is C16H24N2O. The molecule has 1 amide bonds. The summed E-state index contributed by atoms with van der Waals surface area (Å²) in [5, 5.41) is 3.39. The van der Waals surface area contributed by atoms with E-state index in [2.05, 4.69) is 12.2 Å². The lowest BCUT2D eigenvalue weighted by Crippen LogP contribution is -2.40. The Hall–Kier alpha value is -1.35. The number of rotatable bonds is 4. The molecule has 0 bridgehead atoms. The van der Waals surface area contributed by atoms with Crippen LogP contribution in [0, 0.1) is 6.92 Å². The van der Waals surface area contributed by atoms with E-state index in [1.807, 2.05) is 31.3 Å². The molecule has 2 rings (SSSR count). The van der Waals surface area contributed by atoms with E-state index in [0.717, 1.165) is 5.69 Å². The topological polar surface area (TPSA) is 32.3 Å². The molecule has 3 heteroatoms. The first kappa shape index (κ1) is 14.1. The molecule has 0 aliphatic heterocycles. The number of anilines is 1. The lowest BCUT2D eigenvalue weighted by atomic mass is 9.95. The van der Waals surface area contributed by atoms with E-state index in [1.54, 1.807) is 4.90 Å². The van der Waals surface area contributed by atoms with Gasteiger partial charge >= 0.3 is 0 Å². The number of hydrogen-bond donors (Lipinski definition) is 1. The predicted octanol–water partition coefficient (Wildman–Crippen LogP) is 2.88. The van der Waals surface area contributed by atoms with Crippen molar-refractivity contribution in [1.29, 1.82) is 0 Å². The van der Waals surface area contributed by atoms with Crippen molar-refractivity contribution < 1.29 is 4.79 Å². The molecule has 1 N–H and O–H groups in total. The molecule has 1 aliphatic rings. The zero-order chi connectivity index (χ0) is 13.7. The molecule has 1 aliphatic carbocycles. The minimum atomic E-state index is 0.134. The number of carbonyl (C=O) groups is 1. The van der Waals surface area contributed by atoms with Gasteiger partial charge in [0.15, 0.2) is 0 Å². The summed E-state index contributed by atoms with van der Waals surface area (Å²) < 4.78 is 0. The summed E-state index contributed by atoms with van der Waals surface area (Å²) in [4.78, 5) is 13.9. The number of likely N-dealkylation sites (N-methyl/N-ethyl adjacent to an activating group) is 1. The van der Waals surface area contributed by atoms with Gasteiger partial charge in [-0.2, -0.15) is 0 Å². The van der Waals surface area contributed by atoms with Crippen LogP contribution < -0.4 is 10.2 Å². The van der Waals surface area contributed by atoms with Crippen LogP contribution in [0.1, 0.15) is 37.7 Å². The highest BCUT2D eigenvalue weighted by Crippen LogP contribution is 2.17. The molecule has 1 aromatic carbocycles. The van der Waals surface area contributed by atoms with Gasteiger partial charge in [0.2, 0.25) is 5.91 Å². The van der Waals surface area contributed by atoms with Crippen molar-refractivity contribution in [2.75, 3.05) is 18.5 Å². The Morgan fingerprint density at radius 3 is 2.47 bits per heavy atom. The zero-order valence-electron chi connectivity index (χ0n) is 12.0. The third-order valence-electron chi connectivity index (χ3n) is 3.94. The van der Waals surface area contributed by atoms with Gasteiger partial charge in [0.1, 0.15) is 0 Å². The Morgan fingerprint density at radius 1 is 1.21 bits per heavy atom. The highest BCUT2D eigenvalue weighted by Gasteiger charge is 2.16. The van der Waals surface area contributed by atoms with Gasteiger partial charge in [-0.1, -0.05) is 37.0 Å². The van der Waals surface area contributed by atoms with Crippen molar-refractivity contribution >= 4 is 11.6 Å². The second-order valence-corrected chi connectivity index (χ2v) is 5.50. The van der Waals surface area contributed by atoms with E-state index in [0.29, 0.717) is 12.6 Å². The van der Waals surface area contributed by atoms with Crippen molar-refractivity contribution in [1.82, 2.24) is 5.32 Å².